The van der Waals surface area contributed by atoms with Gasteiger partial charge in [0.25, 0.3) is 5.91 Å². The third-order valence-electron chi connectivity index (χ3n) is 6.76. The molecule has 0 radical (unpaired) electrons. The molecule has 0 aliphatic carbocycles. The molecule has 1 fully saturated rings. The fourth-order valence-electron chi connectivity index (χ4n) is 4.72. The molecule has 10 nitrogen and oxygen atoms in total. The maximum Gasteiger partial charge on any atom is 0.325 e. The Morgan fingerprint density at radius 2 is 1.71 bits per heavy atom. The molecule has 1 unspecified atom stereocenters. The average molecular weight is 482 g/mol. The summed E-state index contributed by atoms with van der Waals surface area (Å²) < 4.78 is 21.9. The molecule has 35 heavy (non-hydrogen) atoms. The number of hydrogen-bond donors (Lipinski definition) is 1. The predicted molar refractivity (Wildman–Crippen MR) is 124 cm³/mol. The average Bonchev–Trinajstić information content (AvgIpc) is 3.10. The highest BCUT2D eigenvalue weighted by Gasteiger charge is 2.50. The van der Waals surface area contributed by atoms with Crippen LogP contribution in [0.5, 0.6) is 23.0 Å². The standard InChI is InChI=1S/C25H27N3O7/c1-25(17-4-5-18-21(12-17)35-9-8-34-18)23(30)28(24(31)26-25)14-22(29)27-7-6-15-10-19(32-2)20(33-3)11-16(15)13-27/h4-5,10-12H,6-9,13-14H2,1-3H3,(H,26,31). The molecule has 3 aliphatic rings. The zero-order chi connectivity index (χ0) is 24.7. The highest BCUT2D eigenvalue weighted by Crippen LogP contribution is 2.37. The number of hydrogen-bond acceptors (Lipinski definition) is 7. The van der Waals surface area contributed by atoms with Gasteiger partial charge in [-0.2, -0.15) is 0 Å². The van der Waals surface area contributed by atoms with Gasteiger partial charge in [-0.3, -0.25) is 14.5 Å². The molecular formula is C25H27N3O7. The van der Waals surface area contributed by atoms with Crippen LogP contribution in [0.2, 0.25) is 0 Å². The van der Waals surface area contributed by atoms with E-state index in [1.54, 1.807) is 44.2 Å². The monoisotopic (exact) mass is 481 g/mol. The number of amides is 4. The molecule has 3 aliphatic heterocycles. The number of methoxy groups -OCH3 is 2. The van der Waals surface area contributed by atoms with Gasteiger partial charge in [0, 0.05) is 13.1 Å². The highest BCUT2D eigenvalue weighted by molar-refractivity contribution is 6.09. The minimum absolute atomic E-state index is 0.305. The van der Waals surface area contributed by atoms with Crippen LogP contribution in [0.3, 0.4) is 0 Å². The lowest BCUT2D eigenvalue weighted by molar-refractivity contribution is -0.139. The van der Waals surface area contributed by atoms with Crippen molar-refractivity contribution in [2.24, 2.45) is 0 Å². The molecule has 0 aromatic heterocycles. The van der Waals surface area contributed by atoms with Crippen LogP contribution in [0.15, 0.2) is 30.3 Å². The summed E-state index contributed by atoms with van der Waals surface area (Å²) in [6.45, 7) is 2.98. The normalized spacial score (nSPS) is 20.9. The van der Waals surface area contributed by atoms with Gasteiger partial charge in [-0.05, 0) is 54.3 Å². The van der Waals surface area contributed by atoms with Crippen LogP contribution in [-0.2, 0) is 28.1 Å². The zero-order valence-electron chi connectivity index (χ0n) is 19.9. The van der Waals surface area contributed by atoms with E-state index in [1.165, 1.54) is 0 Å². The Kier molecular flexibility index (Phi) is 5.66. The summed E-state index contributed by atoms with van der Waals surface area (Å²) in [5.74, 6) is 1.54. The predicted octanol–water partition coefficient (Wildman–Crippen LogP) is 1.83. The number of carbonyl (C=O) groups excluding carboxylic acids is 3. The second-order valence-corrected chi connectivity index (χ2v) is 8.85. The lowest BCUT2D eigenvalue weighted by Gasteiger charge is -2.30. The zero-order valence-corrected chi connectivity index (χ0v) is 19.9. The van der Waals surface area contributed by atoms with Gasteiger partial charge >= 0.3 is 6.03 Å². The number of nitrogens with zero attached hydrogens (tertiary/aromatic N) is 2. The van der Waals surface area contributed by atoms with E-state index in [0.717, 1.165) is 16.0 Å². The first-order valence-electron chi connectivity index (χ1n) is 11.4. The number of rotatable bonds is 5. The summed E-state index contributed by atoms with van der Waals surface area (Å²) in [6.07, 6.45) is 0.635. The highest BCUT2D eigenvalue weighted by atomic mass is 16.6. The number of urea groups is 1. The molecule has 10 heteroatoms. The molecule has 0 spiro atoms. The summed E-state index contributed by atoms with van der Waals surface area (Å²) in [5.41, 5.74) is 1.27. The van der Waals surface area contributed by atoms with Gasteiger partial charge in [0.05, 0.1) is 14.2 Å². The molecule has 1 saturated heterocycles. The number of carbonyl (C=O) groups is 3. The van der Waals surface area contributed by atoms with Crippen molar-refractivity contribution in [2.75, 3.05) is 40.5 Å². The molecule has 2 aromatic carbocycles. The minimum atomic E-state index is -1.31. The smallest absolute Gasteiger partial charge is 0.325 e. The van der Waals surface area contributed by atoms with Gasteiger partial charge in [0.1, 0.15) is 25.3 Å². The SMILES string of the molecule is COc1cc2c(cc1OC)CN(C(=O)CN1C(=O)NC(C)(c3ccc4c(c3)OCCO4)C1=O)CC2. The fourth-order valence-corrected chi connectivity index (χ4v) is 4.72. The Morgan fingerprint density at radius 1 is 1.03 bits per heavy atom. The van der Waals surface area contributed by atoms with Crippen molar-refractivity contribution in [3.8, 4) is 23.0 Å². The molecule has 0 bridgehead atoms. The van der Waals surface area contributed by atoms with E-state index in [9.17, 15) is 14.4 Å². The number of nitrogens with one attached hydrogen (secondary N) is 1. The largest absolute Gasteiger partial charge is 0.493 e. The molecule has 3 heterocycles. The molecule has 5 rings (SSSR count). The van der Waals surface area contributed by atoms with Crippen molar-refractivity contribution in [1.82, 2.24) is 15.1 Å². The van der Waals surface area contributed by atoms with Crippen LogP contribution in [0.4, 0.5) is 4.79 Å². The third-order valence-corrected chi connectivity index (χ3v) is 6.76. The fraction of sp³-hybridized carbons (Fsp3) is 0.400. The van der Waals surface area contributed by atoms with E-state index in [2.05, 4.69) is 5.32 Å². The molecule has 2 aromatic rings. The number of imide groups is 1. The second-order valence-electron chi connectivity index (χ2n) is 8.85. The van der Waals surface area contributed by atoms with Gasteiger partial charge in [-0.15, -0.1) is 0 Å². The first-order valence-corrected chi connectivity index (χ1v) is 11.4. The molecule has 4 amide bonds. The molecule has 184 valence electrons. The van der Waals surface area contributed by atoms with E-state index >= 15 is 0 Å². The summed E-state index contributed by atoms with van der Waals surface area (Å²) in [5, 5.41) is 2.74. The van der Waals surface area contributed by atoms with E-state index < -0.39 is 17.5 Å². The number of ether oxygens (including phenoxy) is 4. The maximum atomic E-state index is 13.3. The lowest BCUT2D eigenvalue weighted by atomic mass is 9.91. The number of benzene rings is 2. The van der Waals surface area contributed by atoms with Crippen LogP contribution >= 0.6 is 0 Å². The summed E-state index contributed by atoms with van der Waals surface area (Å²) in [7, 11) is 3.14. The summed E-state index contributed by atoms with van der Waals surface area (Å²) in [6, 6.07) is 8.31. The van der Waals surface area contributed by atoms with Gasteiger partial charge in [0.15, 0.2) is 23.0 Å². The van der Waals surface area contributed by atoms with E-state index in [0.29, 0.717) is 61.3 Å². The summed E-state index contributed by atoms with van der Waals surface area (Å²) >= 11 is 0. The van der Waals surface area contributed by atoms with Gasteiger partial charge < -0.3 is 29.2 Å². The van der Waals surface area contributed by atoms with Crippen molar-refractivity contribution in [2.45, 2.75) is 25.4 Å². The van der Waals surface area contributed by atoms with Gasteiger partial charge in [-0.1, -0.05) is 6.07 Å². The van der Waals surface area contributed by atoms with E-state index in [1.807, 2.05) is 12.1 Å². The molecule has 1 N–H and O–H groups in total. The Hall–Kier alpha value is -3.95. The van der Waals surface area contributed by atoms with Crippen LogP contribution in [-0.4, -0.2) is 68.2 Å². The Bertz CT molecular complexity index is 1210. The van der Waals surface area contributed by atoms with Crippen LogP contribution in [0.25, 0.3) is 0 Å². The van der Waals surface area contributed by atoms with Gasteiger partial charge in [-0.25, -0.2) is 4.79 Å². The van der Waals surface area contributed by atoms with Gasteiger partial charge in [0.2, 0.25) is 5.91 Å². The minimum Gasteiger partial charge on any atom is -0.493 e. The van der Waals surface area contributed by atoms with E-state index in [-0.39, 0.29) is 12.5 Å². The topological polar surface area (TPSA) is 107 Å². The van der Waals surface area contributed by atoms with Crippen LogP contribution in [0, 0.1) is 0 Å². The molecular weight excluding hydrogens is 454 g/mol. The first-order chi connectivity index (χ1) is 16.8. The van der Waals surface area contributed by atoms with Crippen molar-refractivity contribution in [3.05, 3.63) is 47.0 Å². The lowest BCUT2D eigenvalue weighted by Crippen LogP contribution is -2.45. The Balaban J connectivity index is 1.31. The van der Waals surface area contributed by atoms with Crippen molar-refractivity contribution in [1.29, 1.82) is 0 Å². The van der Waals surface area contributed by atoms with E-state index in [4.69, 9.17) is 18.9 Å². The van der Waals surface area contributed by atoms with Crippen molar-refractivity contribution >= 4 is 17.8 Å². The number of fused-ring (bicyclic) bond motifs is 2. The summed E-state index contributed by atoms with van der Waals surface area (Å²) in [4.78, 5) is 41.9. The Morgan fingerprint density at radius 3 is 2.43 bits per heavy atom. The second kappa shape index (κ2) is 8.68. The maximum absolute atomic E-state index is 13.3. The van der Waals surface area contributed by atoms with Crippen molar-refractivity contribution in [3.63, 3.8) is 0 Å². The van der Waals surface area contributed by atoms with Crippen LogP contribution in [0.1, 0.15) is 23.6 Å². The quantitative estimate of drug-likeness (QED) is 0.650. The third kappa shape index (κ3) is 3.88. The van der Waals surface area contributed by atoms with Crippen molar-refractivity contribution < 1.29 is 33.3 Å². The van der Waals surface area contributed by atoms with Crippen LogP contribution < -0.4 is 24.3 Å². The first kappa shape index (κ1) is 22.8. The molecule has 1 atom stereocenters. The molecule has 0 saturated carbocycles. The Labute approximate surface area is 202 Å².